The van der Waals surface area contributed by atoms with Gasteiger partial charge < -0.3 is 4.74 Å². The van der Waals surface area contributed by atoms with E-state index in [1.165, 1.54) is 0 Å². The van der Waals surface area contributed by atoms with Crippen molar-refractivity contribution in [3.8, 4) is 6.07 Å². The van der Waals surface area contributed by atoms with Crippen molar-refractivity contribution >= 4 is 5.78 Å². The smallest absolute Gasteiger partial charge is 0.154 e. The van der Waals surface area contributed by atoms with Gasteiger partial charge >= 0.3 is 0 Å². The van der Waals surface area contributed by atoms with Crippen LogP contribution in [0.15, 0.2) is 24.5 Å². The van der Waals surface area contributed by atoms with Gasteiger partial charge in [0.25, 0.3) is 0 Å². The van der Waals surface area contributed by atoms with Gasteiger partial charge in [-0.1, -0.05) is 6.07 Å². The van der Waals surface area contributed by atoms with Crippen molar-refractivity contribution in [2.24, 2.45) is 0 Å². The van der Waals surface area contributed by atoms with Gasteiger partial charge in [0.15, 0.2) is 5.78 Å². The van der Waals surface area contributed by atoms with Crippen molar-refractivity contribution in [3.05, 3.63) is 30.1 Å². The fraction of sp³-hybridized carbons (Fsp3) is 0.500. The van der Waals surface area contributed by atoms with Crippen LogP contribution in [-0.2, 0) is 9.53 Å². The van der Waals surface area contributed by atoms with Crippen molar-refractivity contribution in [1.82, 2.24) is 4.98 Å². The molecule has 0 N–H and O–H groups in total. The molecule has 0 radical (unpaired) electrons. The summed E-state index contributed by atoms with van der Waals surface area (Å²) in [5.74, 6) is -0.735. The average molecular weight is 244 g/mol. The molecule has 0 bridgehead atoms. The Bertz CT molecular complexity index is 433. The van der Waals surface area contributed by atoms with Gasteiger partial charge in [0.1, 0.15) is 5.92 Å². The number of aromatic nitrogens is 1. The summed E-state index contributed by atoms with van der Waals surface area (Å²) in [4.78, 5) is 16.0. The van der Waals surface area contributed by atoms with E-state index in [0.29, 0.717) is 12.0 Å². The number of pyridine rings is 1. The highest BCUT2D eigenvalue weighted by Gasteiger charge is 2.23. The molecule has 0 aromatic carbocycles. The third kappa shape index (κ3) is 3.14. The Morgan fingerprint density at radius 1 is 1.67 bits per heavy atom. The molecular formula is C14H16N2O2. The number of ether oxygens (including phenoxy) is 1. The summed E-state index contributed by atoms with van der Waals surface area (Å²) >= 11 is 0. The molecule has 4 heteroatoms. The maximum Gasteiger partial charge on any atom is 0.154 e. The first-order valence-corrected chi connectivity index (χ1v) is 6.25. The first-order chi connectivity index (χ1) is 8.81. The lowest BCUT2D eigenvalue weighted by Gasteiger charge is -2.11. The van der Waals surface area contributed by atoms with Gasteiger partial charge in [0.05, 0.1) is 12.2 Å². The van der Waals surface area contributed by atoms with Crippen molar-refractivity contribution in [2.75, 3.05) is 6.61 Å². The largest absolute Gasteiger partial charge is 0.378 e. The van der Waals surface area contributed by atoms with E-state index in [4.69, 9.17) is 10.00 Å². The number of carbonyl (C=O) groups is 1. The number of ketones is 1. The molecule has 0 spiro atoms. The molecule has 1 aliphatic heterocycles. The van der Waals surface area contributed by atoms with Crippen molar-refractivity contribution in [3.63, 3.8) is 0 Å². The normalized spacial score (nSPS) is 20.3. The first kappa shape index (κ1) is 12.7. The second-order valence-electron chi connectivity index (χ2n) is 4.49. The topological polar surface area (TPSA) is 63.0 Å². The fourth-order valence-electron chi connectivity index (χ4n) is 2.20. The molecule has 2 rings (SSSR count). The predicted octanol–water partition coefficient (Wildman–Crippen LogP) is 2.22. The number of hydrogen-bond donors (Lipinski definition) is 0. The number of Topliss-reactive ketones (excluding diaryl/α,β-unsaturated/α-hetero) is 1. The summed E-state index contributed by atoms with van der Waals surface area (Å²) in [7, 11) is 0. The minimum atomic E-state index is -0.694. The molecule has 1 fully saturated rings. The first-order valence-electron chi connectivity index (χ1n) is 6.25. The Kier molecular flexibility index (Phi) is 4.43. The van der Waals surface area contributed by atoms with E-state index in [2.05, 4.69) is 11.1 Å². The maximum absolute atomic E-state index is 12.0. The lowest BCUT2D eigenvalue weighted by molar-refractivity contribution is -0.120. The highest BCUT2D eigenvalue weighted by atomic mass is 16.5. The van der Waals surface area contributed by atoms with E-state index < -0.39 is 5.92 Å². The SMILES string of the molecule is N#CC(C(=O)CCC1CCCO1)c1cccnc1. The van der Waals surface area contributed by atoms with Gasteiger partial charge in [-0.3, -0.25) is 9.78 Å². The van der Waals surface area contributed by atoms with Crippen LogP contribution >= 0.6 is 0 Å². The predicted molar refractivity (Wildman–Crippen MR) is 65.8 cm³/mol. The molecule has 1 saturated heterocycles. The Balaban J connectivity index is 1.92. The number of nitriles is 1. The molecule has 94 valence electrons. The van der Waals surface area contributed by atoms with Crippen LogP contribution in [0.25, 0.3) is 0 Å². The minimum absolute atomic E-state index is 0.0407. The summed E-state index contributed by atoms with van der Waals surface area (Å²) in [5, 5.41) is 9.11. The zero-order valence-electron chi connectivity index (χ0n) is 10.2. The highest BCUT2D eigenvalue weighted by molar-refractivity contribution is 5.88. The molecule has 1 aromatic rings. The fourth-order valence-corrected chi connectivity index (χ4v) is 2.20. The summed E-state index contributed by atoms with van der Waals surface area (Å²) in [6.07, 6.45) is 6.63. The third-order valence-electron chi connectivity index (χ3n) is 3.21. The molecule has 2 unspecified atom stereocenters. The second-order valence-corrected chi connectivity index (χ2v) is 4.49. The second kappa shape index (κ2) is 6.27. The van der Waals surface area contributed by atoms with E-state index in [0.717, 1.165) is 25.9 Å². The van der Waals surface area contributed by atoms with Gasteiger partial charge in [0.2, 0.25) is 0 Å². The van der Waals surface area contributed by atoms with E-state index in [1.54, 1.807) is 24.5 Å². The Hall–Kier alpha value is -1.73. The lowest BCUT2D eigenvalue weighted by atomic mass is 9.94. The Morgan fingerprint density at radius 2 is 2.56 bits per heavy atom. The minimum Gasteiger partial charge on any atom is -0.378 e. The number of rotatable bonds is 5. The maximum atomic E-state index is 12.0. The van der Waals surface area contributed by atoms with Gasteiger partial charge in [-0.2, -0.15) is 5.26 Å². The molecule has 0 amide bonds. The summed E-state index contributed by atoms with van der Waals surface area (Å²) in [6.45, 7) is 0.795. The van der Waals surface area contributed by atoms with E-state index >= 15 is 0 Å². The van der Waals surface area contributed by atoms with Crippen LogP contribution in [0, 0.1) is 11.3 Å². The molecule has 1 aromatic heterocycles. The van der Waals surface area contributed by atoms with Crippen LogP contribution in [0.4, 0.5) is 0 Å². The van der Waals surface area contributed by atoms with E-state index in [1.807, 2.05) is 0 Å². The zero-order chi connectivity index (χ0) is 12.8. The van der Waals surface area contributed by atoms with Crippen LogP contribution in [-0.4, -0.2) is 23.5 Å². The van der Waals surface area contributed by atoms with Crippen molar-refractivity contribution in [2.45, 2.75) is 37.7 Å². The van der Waals surface area contributed by atoms with Gasteiger partial charge in [-0.25, -0.2) is 0 Å². The zero-order valence-corrected chi connectivity index (χ0v) is 10.2. The van der Waals surface area contributed by atoms with Gasteiger partial charge in [-0.15, -0.1) is 0 Å². The number of nitrogens with zero attached hydrogens (tertiary/aromatic N) is 2. The summed E-state index contributed by atoms with van der Waals surface area (Å²) in [5.41, 5.74) is 0.678. The summed E-state index contributed by atoms with van der Waals surface area (Å²) < 4.78 is 5.47. The van der Waals surface area contributed by atoms with Gasteiger partial charge in [0, 0.05) is 25.4 Å². The van der Waals surface area contributed by atoms with Crippen LogP contribution in [0.3, 0.4) is 0 Å². The average Bonchev–Trinajstić information content (AvgIpc) is 2.92. The quantitative estimate of drug-likeness (QED) is 0.796. The summed E-state index contributed by atoms with van der Waals surface area (Å²) in [6, 6.07) is 5.57. The van der Waals surface area contributed by atoms with E-state index in [9.17, 15) is 4.79 Å². The molecular weight excluding hydrogens is 228 g/mol. The van der Waals surface area contributed by atoms with Crippen molar-refractivity contribution in [1.29, 1.82) is 5.26 Å². The monoisotopic (exact) mass is 244 g/mol. The molecule has 2 heterocycles. The molecule has 0 aliphatic carbocycles. The lowest BCUT2D eigenvalue weighted by Crippen LogP contribution is -2.14. The number of hydrogen-bond acceptors (Lipinski definition) is 4. The van der Waals surface area contributed by atoms with Crippen LogP contribution in [0.1, 0.15) is 37.2 Å². The van der Waals surface area contributed by atoms with Crippen LogP contribution < -0.4 is 0 Å². The van der Waals surface area contributed by atoms with Crippen LogP contribution in [0.2, 0.25) is 0 Å². The molecule has 4 nitrogen and oxygen atoms in total. The highest BCUT2D eigenvalue weighted by Crippen LogP contribution is 2.21. The molecule has 18 heavy (non-hydrogen) atoms. The van der Waals surface area contributed by atoms with Gasteiger partial charge in [-0.05, 0) is 30.9 Å². The van der Waals surface area contributed by atoms with Crippen LogP contribution in [0.5, 0.6) is 0 Å². The Morgan fingerprint density at radius 3 is 3.17 bits per heavy atom. The van der Waals surface area contributed by atoms with E-state index in [-0.39, 0.29) is 11.9 Å². The standard InChI is InChI=1S/C14H16N2O2/c15-9-13(11-3-1-7-16-10-11)14(17)6-5-12-4-2-8-18-12/h1,3,7,10,12-13H,2,4-6,8H2. The van der Waals surface area contributed by atoms with Crippen molar-refractivity contribution < 1.29 is 9.53 Å². The Labute approximate surface area is 107 Å². The third-order valence-corrected chi connectivity index (χ3v) is 3.21. The molecule has 1 aliphatic rings. The molecule has 2 atom stereocenters. The molecule has 0 saturated carbocycles. The number of carbonyl (C=O) groups excluding carboxylic acids is 1.